The van der Waals surface area contributed by atoms with E-state index in [1.165, 1.54) is 12.1 Å². The fourth-order valence-electron chi connectivity index (χ4n) is 1.82. The van der Waals surface area contributed by atoms with Crippen molar-refractivity contribution < 1.29 is 17.9 Å². The molecule has 0 spiro atoms. The van der Waals surface area contributed by atoms with Crippen molar-refractivity contribution in [3.8, 4) is 0 Å². The molecule has 2 rings (SSSR count). The highest BCUT2D eigenvalue weighted by Crippen LogP contribution is 2.15. The highest BCUT2D eigenvalue weighted by molar-refractivity contribution is 7.89. The molecule has 0 aliphatic carbocycles. The maximum Gasteiger partial charge on any atom is 0.307 e. The van der Waals surface area contributed by atoms with E-state index in [9.17, 15) is 13.2 Å². The van der Waals surface area contributed by atoms with Gasteiger partial charge in [-0.05, 0) is 23.8 Å². The summed E-state index contributed by atoms with van der Waals surface area (Å²) in [4.78, 5) is 11.7. The molecule has 0 saturated carbocycles. The number of carbonyl (C=O) groups is 1. The lowest BCUT2D eigenvalue weighted by atomic mass is 10.2. The van der Waals surface area contributed by atoms with Gasteiger partial charge in [-0.25, -0.2) is 13.1 Å². The second-order valence-corrected chi connectivity index (χ2v) is 6.95. The lowest BCUT2D eigenvalue weighted by molar-refractivity contribution is -0.144. The van der Waals surface area contributed by atoms with Crippen LogP contribution in [0, 0.1) is 0 Å². The van der Waals surface area contributed by atoms with Gasteiger partial charge in [0.1, 0.15) is 6.61 Å². The number of carbonyl (C=O) groups excluding carboxylic acids is 1. The fraction of sp³-hybridized carbons (Fsp3) is 0.188. The Morgan fingerprint density at radius 2 is 1.83 bits per heavy atom. The Morgan fingerprint density at radius 3 is 2.52 bits per heavy atom. The van der Waals surface area contributed by atoms with E-state index in [2.05, 4.69) is 4.72 Å². The third-order valence-corrected chi connectivity index (χ3v) is 4.66. The molecule has 0 fully saturated rings. The topological polar surface area (TPSA) is 72.5 Å². The first-order chi connectivity index (χ1) is 11.0. The molecule has 0 atom stereocenters. The molecule has 0 heterocycles. The van der Waals surface area contributed by atoms with Gasteiger partial charge in [0.15, 0.2) is 0 Å². The minimum absolute atomic E-state index is 0.0392. The number of nitrogens with one attached hydrogen (secondary N) is 1. The summed E-state index contributed by atoms with van der Waals surface area (Å²) in [6, 6.07) is 15.2. The average molecular weight is 354 g/mol. The minimum Gasteiger partial charge on any atom is -0.461 e. The molecule has 0 radical (unpaired) electrons. The molecule has 23 heavy (non-hydrogen) atoms. The van der Waals surface area contributed by atoms with Crippen LogP contribution in [0.2, 0.25) is 5.02 Å². The van der Waals surface area contributed by atoms with Crippen LogP contribution in [0.3, 0.4) is 0 Å². The summed E-state index contributed by atoms with van der Waals surface area (Å²) in [5.41, 5.74) is 0.875. The zero-order valence-corrected chi connectivity index (χ0v) is 13.8. The van der Waals surface area contributed by atoms with E-state index in [0.717, 1.165) is 5.56 Å². The largest absolute Gasteiger partial charge is 0.461 e. The van der Waals surface area contributed by atoms with E-state index < -0.39 is 16.0 Å². The van der Waals surface area contributed by atoms with Gasteiger partial charge in [0.05, 0.1) is 11.3 Å². The zero-order chi connectivity index (χ0) is 16.7. The second-order valence-electron chi connectivity index (χ2n) is 4.75. The maximum atomic E-state index is 12.0. The van der Waals surface area contributed by atoms with Crippen LogP contribution < -0.4 is 4.72 Å². The molecular weight excluding hydrogens is 338 g/mol. The SMILES string of the molecule is O=C(CCNS(=O)(=O)c1cccc(Cl)c1)OCc1ccccc1. The molecule has 0 aliphatic heterocycles. The summed E-state index contributed by atoms with van der Waals surface area (Å²) in [6.07, 6.45) is -0.0490. The smallest absolute Gasteiger partial charge is 0.307 e. The molecule has 2 aromatic carbocycles. The highest BCUT2D eigenvalue weighted by Gasteiger charge is 2.14. The Labute approximate surface area is 140 Å². The van der Waals surface area contributed by atoms with Gasteiger partial charge in [-0.3, -0.25) is 4.79 Å². The quantitative estimate of drug-likeness (QED) is 0.777. The van der Waals surface area contributed by atoms with E-state index in [0.29, 0.717) is 5.02 Å². The molecule has 5 nitrogen and oxygen atoms in total. The third-order valence-electron chi connectivity index (χ3n) is 2.97. The van der Waals surface area contributed by atoms with Crippen molar-refractivity contribution >= 4 is 27.6 Å². The van der Waals surface area contributed by atoms with Gasteiger partial charge >= 0.3 is 5.97 Å². The van der Waals surface area contributed by atoms with Gasteiger partial charge in [0, 0.05) is 11.6 Å². The first kappa shape index (κ1) is 17.5. The molecule has 7 heteroatoms. The van der Waals surface area contributed by atoms with Crippen LogP contribution in [0.15, 0.2) is 59.5 Å². The van der Waals surface area contributed by atoms with Crippen LogP contribution >= 0.6 is 11.6 Å². The average Bonchev–Trinajstić information content (AvgIpc) is 2.54. The molecular formula is C16H16ClNO4S. The number of hydrogen-bond donors (Lipinski definition) is 1. The zero-order valence-electron chi connectivity index (χ0n) is 12.2. The molecule has 0 saturated heterocycles. The van der Waals surface area contributed by atoms with Crippen LogP contribution in [0.4, 0.5) is 0 Å². The summed E-state index contributed by atoms with van der Waals surface area (Å²) < 4.78 is 31.5. The molecule has 0 aliphatic rings. The summed E-state index contributed by atoms with van der Waals surface area (Å²) in [6.45, 7) is 0.128. The molecule has 0 amide bonds. The normalized spacial score (nSPS) is 11.2. The Balaban J connectivity index is 1.79. The number of sulfonamides is 1. The van der Waals surface area contributed by atoms with E-state index in [-0.39, 0.29) is 24.5 Å². The number of benzene rings is 2. The molecule has 0 bridgehead atoms. The number of esters is 1. The van der Waals surface area contributed by atoms with Crippen molar-refractivity contribution in [2.24, 2.45) is 0 Å². The Kier molecular flexibility index (Phi) is 6.15. The Morgan fingerprint density at radius 1 is 1.09 bits per heavy atom. The van der Waals surface area contributed by atoms with Crippen LogP contribution in [-0.4, -0.2) is 20.9 Å². The summed E-state index contributed by atoms with van der Waals surface area (Å²) in [7, 11) is -3.69. The van der Waals surface area contributed by atoms with Crippen molar-refractivity contribution in [3.05, 3.63) is 65.2 Å². The number of rotatable bonds is 7. The van der Waals surface area contributed by atoms with Crippen molar-refractivity contribution in [3.63, 3.8) is 0 Å². The third kappa shape index (κ3) is 5.67. The van der Waals surface area contributed by atoms with E-state index >= 15 is 0 Å². The van der Waals surface area contributed by atoms with Gasteiger partial charge in [-0.2, -0.15) is 0 Å². The van der Waals surface area contributed by atoms with Crippen LogP contribution in [0.25, 0.3) is 0 Å². The predicted octanol–water partition coefficient (Wildman–Crippen LogP) is 2.75. The van der Waals surface area contributed by atoms with E-state index in [4.69, 9.17) is 16.3 Å². The van der Waals surface area contributed by atoms with Crippen LogP contribution in [0.1, 0.15) is 12.0 Å². The molecule has 1 N–H and O–H groups in total. The van der Waals surface area contributed by atoms with Crippen molar-refractivity contribution in [2.45, 2.75) is 17.9 Å². The highest BCUT2D eigenvalue weighted by atomic mass is 35.5. The van der Waals surface area contributed by atoms with Gasteiger partial charge < -0.3 is 4.74 Å². The molecule has 2 aromatic rings. The van der Waals surface area contributed by atoms with Gasteiger partial charge in [0.2, 0.25) is 10.0 Å². The number of halogens is 1. The van der Waals surface area contributed by atoms with Crippen molar-refractivity contribution in [1.29, 1.82) is 0 Å². The minimum atomic E-state index is -3.69. The Bertz CT molecular complexity index is 763. The van der Waals surface area contributed by atoms with Gasteiger partial charge in [-0.15, -0.1) is 0 Å². The molecule has 122 valence electrons. The predicted molar refractivity (Wildman–Crippen MR) is 87.5 cm³/mol. The van der Waals surface area contributed by atoms with Crippen molar-refractivity contribution in [2.75, 3.05) is 6.54 Å². The Hall–Kier alpha value is -1.89. The molecule has 0 aromatic heterocycles. The van der Waals surface area contributed by atoms with E-state index in [1.54, 1.807) is 12.1 Å². The summed E-state index contributed by atoms with van der Waals surface area (Å²) >= 11 is 5.77. The number of hydrogen-bond acceptors (Lipinski definition) is 4. The van der Waals surface area contributed by atoms with Crippen LogP contribution in [0.5, 0.6) is 0 Å². The van der Waals surface area contributed by atoms with Gasteiger partial charge in [0.25, 0.3) is 0 Å². The first-order valence-corrected chi connectivity index (χ1v) is 8.78. The monoisotopic (exact) mass is 353 g/mol. The summed E-state index contributed by atoms with van der Waals surface area (Å²) in [5, 5.41) is 0.329. The van der Waals surface area contributed by atoms with Gasteiger partial charge in [-0.1, -0.05) is 48.0 Å². The van der Waals surface area contributed by atoms with Crippen molar-refractivity contribution in [1.82, 2.24) is 4.72 Å². The van der Waals surface area contributed by atoms with Crippen LogP contribution in [-0.2, 0) is 26.2 Å². The summed E-state index contributed by atoms with van der Waals surface area (Å²) in [5.74, 6) is -0.470. The molecule has 0 unspecified atom stereocenters. The maximum absolute atomic E-state index is 12.0. The fourth-order valence-corrected chi connectivity index (χ4v) is 3.15. The standard InChI is InChI=1S/C16H16ClNO4S/c17-14-7-4-8-15(11-14)23(20,21)18-10-9-16(19)22-12-13-5-2-1-3-6-13/h1-8,11,18H,9-10,12H2. The first-order valence-electron chi connectivity index (χ1n) is 6.92. The number of ether oxygens (including phenoxy) is 1. The lowest BCUT2D eigenvalue weighted by Gasteiger charge is -2.07. The lowest BCUT2D eigenvalue weighted by Crippen LogP contribution is -2.26. The van der Waals surface area contributed by atoms with E-state index in [1.807, 2.05) is 30.3 Å². The second kappa shape index (κ2) is 8.10.